The van der Waals surface area contributed by atoms with E-state index in [4.69, 9.17) is 10.5 Å². The van der Waals surface area contributed by atoms with Crippen molar-refractivity contribution in [1.82, 2.24) is 0 Å². The van der Waals surface area contributed by atoms with Gasteiger partial charge in [0, 0.05) is 5.69 Å². The van der Waals surface area contributed by atoms with Gasteiger partial charge in [0.15, 0.2) is 0 Å². The van der Waals surface area contributed by atoms with E-state index < -0.39 is 0 Å². The molecule has 0 amide bonds. The lowest BCUT2D eigenvalue weighted by Gasteiger charge is -2.06. The molecule has 0 aliphatic heterocycles. The van der Waals surface area contributed by atoms with E-state index in [9.17, 15) is 0 Å². The van der Waals surface area contributed by atoms with Crippen LogP contribution in [0.4, 0.5) is 5.69 Å². The second-order valence-corrected chi connectivity index (χ2v) is 4.51. The SMILES string of the molecule is Cc1ccc(OCCCc2ccc(N)cc2)cc1. The summed E-state index contributed by atoms with van der Waals surface area (Å²) >= 11 is 0. The molecule has 0 unspecified atom stereocenters. The Balaban J connectivity index is 1.73. The van der Waals surface area contributed by atoms with Gasteiger partial charge in [-0.1, -0.05) is 29.8 Å². The molecule has 0 aliphatic rings. The fourth-order valence-electron chi connectivity index (χ4n) is 1.79. The summed E-state index contributed by atoms with van der Waals surface area (Å²) in [5.74, 6) is 0.943. The third-order valence-corrected chi connectivity index (χ3v) is 2.88. The minimum atomic E-state index is 0.743. The summed E-state index contributed by atoms with van der Waals surface area (Å²) in [5.41, 5.74) is 9.02. The molecule has 2 N–H and O–H groups in total. The number of rotatable bonds is 5. The summed E-state index contributed by atoms with van der Waals surface area (Å²) < 4.78 is 5.68. The van der Waals surface area contributed by atoms with E-state index >= 15 is 0 Å². The highest BCUT2D eigenvalue weighted by Gasteiger charge is 1.95. The Hall–Kier alpha value is -1.96. The van der Waals surface area contributed by atoms with Crippen LogP contribution in [0, 0.1) is 6.92 Å². The van der Waals surface area contributed by atoms with Crippen molar-refractivity contribution in [3.63, 3.8) is 0 Å². The molecular weight excluding hydrogens is 222 g/mol. The maximum Gasteiger partial charge on any atom is 0.119 e. The van der Waals surface area contributed by atoms with Crippen molar-refractivity contribution in [3.8, 4) is 5.75 Å². The summed E-state index contributed by atoms with van der Waals surface area (Å²) in [6, 6.07) is 16.2. The molecule has 0 saturated heterocycles. The zero-order valence-corrected chi connectivity index (χ0v) is 10.7. The van der Waals surface area contributed by atoms with E-state index in [1.54, 1.807) is 0 Å². The Morgan fingerprint density at radius 1 is 0.944 bits per heavy atom. The van der Waals surface area contributed by atoms with Crippen molar-refractivity contribution in [2.45, 2.75) is 19.8 Å². The molecular formula is C16H19NO. The van der Waals surface area contributed by atoms with Gasteiger partial charge in [0.25, 0.3) is 0 Å². The number of anilines is 1. The van der Waals surface area contributed by atoms with Crippen LogP contribution in [0.2, 0.25) is 0 Å². The lowest BCUT2D eigenvalue weighted by Crippen LogP contribution is -1.99. The monoisotopic (exact) mass is 241 g/mol. The highest BCUT2D eigenvalue weighted by molar-refractivity contribution is 5.39. The number of hydrogen-bond acceptors (Lipinski definition) is 2. The van der Waals surface area contributed by atoms with E-state index in [1.807, 2.05) is 24.3 Å². The second kappa shape index (κ2) is 6.10. The zero-order chi connectivity index (χ0) is 12.8. The number of aryl methyl sites for hydroxylation is 2. The first-order chi connectivity index (χ1) is 8.74. The van der Waals surface area contributed by atoms with E-state index in [2.05, 4.69) is 31.2 Å². The van der Waals surface area contributed by atoms with E-state index in [0.29, 0.717) is 0 Å². The minimum Gasteiger partial charge on any atom is -0.494 e. The average molecular weight is 241 g/mol. The van der Waals surface area contributed by atoms with Crippen LogP contribution in [0.3, 0.4) is 0 Å². The number of hydrogen-bond donors (Lipinski definition) is 1. The molecule has 2 rings (SSSR count). The number of benzene rings is 2. The fraction of sp³-hybridized carbons (Fsp3) is 0.250. The third kappa shape index (κ3) is 3.81. The van der Waals surface area contributed by atoms with E-state index in [-0.39, 0.29) is 0 Å². The molecule has 0 spiro atoms. The highest BCUT2D eigenvalue weighted by Crippen LogP contribution is 2.12. The molecule has 0 aliphatic carbocycles. The normalized spacial score (nSPS) is 10.3. The van der Waals surface area contributed by atoms with E-state index in [0.717, 1.165) is 30.9 Å². The van der Waals surface area contributed by atoms with Gasteiger partial charge in [0.05, 0.1) is 6.61 Å². The third-order valence-electron chi connectivity index (χ3n) is 2.88. The summed E-state index contributed by atoms with van der Waals surface area (Å²) in [6.07, 6.45) is 2.03. The van der Waals surface area contributed by atoms with Crippen LogP contribution < -0.4 is 10.5 Å². The van der Waals surface area contributed by atoms with Crippen molar-refractivity contribution in [2.75, 3.05) is 12.3 Å². The van der Waals surface area contributed by atoms with Crippen LogP contribution in [0.15, 0.2) is 48.5 Å². The first-order valence-corrected chi connectivity index (χ1v) is 6.28. The largest absolute Gasteiger partial charge is 0.494 e. The predicted molar refractivity (Wildman–Crippen MR) is 75.8 cm³/mol. The smallest absolute Gasteiger partial charge is 0.119 e. The molecule has 0 atom stereocenters. The van der Waals surface area contributed by atoms with Crippen LogP contribution in [0.25, 0.3) is 0 Å². The molecule has 0 saturated carbocycles. The summed E-state index contributed by atoms with van der Waals surface area (Å²) in [4.78, 5) is 0. The van der Waals surface area contributed by atoms with Crippen molar-refractivity contribution < 1.29 is 4.74 Å². The molecule has 2 heteroatoms. The predicted octanol–water partition coefficient (Wildman–Crippen LogP) is 3.59. The van der Waals surface area contributed by atoms with Crippen LogP contribution in [0.1, 0.15) is 17.5 Å². The van der Waals surface area contributed by atoms with Crippen molar-refractivity contribution in [1.29, 1.82) is 0 Å². The fourth-order valence-corrected chi connectivity index (χ4v) is 1.79. The molecule has 0 aromatic heterocycles. The van der Waals surface area contributed by atoms with Gasteiger partial charge < -0.3 is 10.5 Å². The highest BCUT2D eigenvalue weighted by atomic mass is 16.5. The molecule has 2 nitrogen and oxygen atoms in total. The maximum absolute atomic E-state index is 5.68. The first kappa shape index (κ1) is 12.5. The molecule has 2 aromatic rings. The van der Waals surface area contributed by atoms with Crippen LogP contribution in [0.5, 0.6) is 5.75 Å². The Bertz CT molecular complexity index is 426. The van der Waals surface area contributed by atoms with E-state index in [1.165, 1.54) is 11.1 Å². The molecule has 0 bridgehead atoms. The van der Waals surface area contributed by atoms with Crippen molar-refractivity contribution in [3.05, 3.63) is 59.7 Å². The van der Waals surface area contributed by atoms with Gasteiger partial charge in [-0.05, 0) is 49.6 Å². The Labute approximate surface area is 108 Å². The Kier molecular flexibility index (Phi) is 4.24. The zero-order valence-electron chi connectivity index (χ0n) is 10.7. The molecule has 0 heterocycles. The molecule has 18 heavy (non-hydrogen) atoms. The summed E-state index contributed by atoms with van der Waals surface area (Å²) in [6.45, 7) is 2.82. The lowest BCUT2D eigenvalue weighted by atomic mass is 10.1. The molecule has 0 radical (unpaired) electrons. The van der Waals surface area contributed by atoms with Crippen LogP contribution in [-0.2, 0) is 6.42 Å². The maximum atomic E-state index is 5.68. The Morgan fingerprint density at radius 2 is 1.61 bits per heavy atom. The number of nitrogens with two attached hydrogens (primary N) is 1. The van der Waals surface area contributed by atoms with Gasteiger partial charge in [-0.15, -0.1) is 0 Å². The van der Waals surface area contributed by atoms with Crippen LogP contribution in [-0.4, -0.2) is 6.61 Å². The number of nitrogen functional groups attached to an aromatic ring is 1. The second-order valence-electron chi connectivity index (χ2n) is 4.51. The molecule has 0 fully saturated rings. The molecule has 2 aromatic carbocycles. The average Bonchev–Trinajstić information content (AvgIpc) is 2.39. The van der Waals surface area contributed by atoms with Gasteiger partial charge in [-0.25, -0.2) is 0 Å². The Morgan fingerprint density at radius 3 is 2.28 bits per heavy atom. The van der Waals surface area contributed by atoms with Crippen LogP contribution >= 0.6 is 0 Å². The first-order valence-electron chi connectivity index (χ1n) is 6.28. The van der Waals surface area contributed by atoms with Gasteiger partial charge in [-0.3, -0.25) is 0 Å². The summed E-state index contributed by atoms with van der Waals surface area (Å²) in [7, 11) is 0. The van der Waals surface area contributed by atoms with Crippen molar-refractivity contribution >= 4 is 5.69 Å². The van der Waals surface area contributed by atoms with Gasteiger partial charge in [0.2, 0.25) is 0 Å². The number of ether oxygens (including phenoxy) is 1. The topological polar surface area (TPSA) is 35.2 Å². The minimum absolute atomic E-state index is 0.743. The van der Waals surface area contributed by atoms with Gasteiger partial charge in [-0.2, -0.15) is 0 Å². The standard InChI is InChI=1S/C16H19NO/c1-13-4-10-16(11-5-13)18-12-2-3-14-6-8-15(17)9-7-14/h4-11H,2-3,12,17H2,1H3. The quantitative estimate of drug-likeness (QED) is 0.641. The lowest BCUT2D eigenvalue weighted by molar-refractivity contribution is 0.311. The summed E-state index contributed by atoms with van der Waals surface area (Å²) in [5, 5.41) is 0. The molecule has 94 valence electrons. The van der Waals surface area contributed by atoms with Gasteiger partial charge in [0.1, 0.15) is 5.75 Å². The van der Waals surface area contributed by atoms with Crippen molar-refractivity contribution in [2.24, 2.45) is 0 Å². The van der Waals surface area contributed by atoms with Gasteiger partial charge >= 0.3 is 0 Å².